The number of nitriles is 1. The molecule has 1 aliphatic heterocycles. The van der Waals surface area contributed by atoms with Crippen molar-refractivity contribution in [2.24, 2.45) is 5.41 Å². The van der Waals surface area contributed by atoms with Crippen LogP contribution in [0.5, 0.6) is 0 Å². The molecule has 11 heteroatoms. The lowest BCUT2D eigenvalue weighted by molar-refractivity contribution is -0.131. The van der Waals surface area contributed by atoms with Gasteiger partial charge in [-0.3, -0.25) is 19.8 Å². The lowest BCUT2D eigenvalue weighted by Gasteiger charge is -2.41. The second-order valence-electron chi connectivity index (χ2n) is 13.4. The lowest BCUT2D eigenvalue weighted by Crippen LogP contribution is -2.47. The van der Waals surface area contributed by atoms with Crippen molar-refractivity contribution in [2.45, 2.75) is 71.5 Å². The fourth-order valence-electron chi connectivity index (χ4n) is 6.33. The van der Waals surface area contributed by atoms with Gasteiger partial charge in [0.25, 0.3) is 5.91 Å². The maximum Gasteiger partial charge on any atom is 0.408 e. The normalized spacial score (nSPS) is 16.2. The van der Waals surface area contributed by atoms with Gasteiger partial charge < -0.3 is 14.6 Å². The minimum absolute atomic E-state index is 0.198. The molecule has 48 heavy (non-hydrogen) atoms. The molecule has 5 rings (SSSR count). The van der Waals surface area contributed by atoms with Crippen LogP contribution >= 0.6 is 11.6 Å². The number of benzene rings is 3. The molecule has 2 N–H and O–H groups in total. The monoisotopic (exact) mass is 668 g/mol. The van der Waals surface area contributed by atoms with Gasteiger partial charge in [0, 0.05) is 29.7 Å². The van der Waals surface area contributed by atoms with E-state index in [1.807, 2.05) is 86.9 Å². The van der Waals surface area contributed by atoms with Gasteiger partial charge in [-0.2, -0.15) is 5.26 Å². The van der Waals surface area contributed by atoms with Crippen LogP contribution in [-0.2, 0) is 11.2 Å². The van der Waals surface area contributed by atoms with Crippen molar-refractivity contribution in [3.8, 4) is 6.07 Å². The summed E-state index contributed by atoms with van der Waals surface area (Å²) in [6.07, 6.45) is 0.709. The van der Waals surface area contributed by atoms with Crippen LogP contribution in [0.4, 0.5) is 10.7 Å². The molecule has 250 valence electrons. The number of halogens is 1. The number of nitrogens with zero attached hydrogens (tertiary/aromatic N) is 5. The number of carbonyl (C=O) groups excluding carboxylic acids is 2. The molecule has 1 aliphatic rings. The zero-order valence-electron chi connectivity index (χ0n) is 27.7. The minimum atomic E-state index is -1.01. The Bertz CT molecular complexity index is 1830. The summed E-state index contributed by atoms with van der Waals surface area (Å²) in [5, 5.41) is 23.2. The van der Waals surface area contributed by atoms with E-state index in [0.717, 1.165) is 29.5 Å². The maximum absolute atomic E-state index is 13.4. The number of rotatable bonds is 9. The van der Waals surface area contributed by atoms with Gasteiger partial charge in [-0.15, -0.1) is 0 Å². The largest absolute Gasteiger partial charge is 0.465 e. The van der Waals surface area contributed by atoms with E-state index in [1.165, 1.54) is 4.90 Å². The van der Waals surface area contributed by atoms with Crippen LogP contribution in [0.25, 0.3) is 11.0 Å². The second-order valence-corrected chi connectivity index (χ2v) is 13.9. The summed E-state index contributed by atoms with van der Waals surface area (Å²) in [6, 6.07) is 23.0. The zero-order chi connectivity index (χ0) is 34.6. The standard InChI is InChI=1S/C37H41ClN6O4/c1-24(37(2,3)4)43(36(47)48)32(21-25-9-6-5-7-10-25)27-14-17-31-30(22-27)40-35(41-34(46)26-12-15-28(38)16-13-26)44(31)29-11-8-20-42(23-29)33(45)18-19-39/h5-7,9-10,12-17,22,24,29,32H,8,11,18,20-21,23H2,1-4H3,(H,47,48)(H,40,41,46)/t24-,29?,32?/m0/s1. The van der Waals surface area contributed by atoms with E-state index in [2.05, 4.69) is 5.32 Å². The quantitative estimate of drug-likeness (QED) is 0.188. The van der Waals surface area contributed by atoms with Gasteiger partial charge in [-0.25, -0.2) is 9.78 Å². The van der Waals surface area contributed by atoms with Crippen LogP contribution in [-0.4, -0.2) is 61.5 Å². The summed E-state index contributed by atoms with van der Waals surface area (Å²) in [5.74, 6) is -0.278. The highest BCUT2D eigenvalue weighted by Crippen LogP contribution is 2.37. The fraction of sp³-hybridized carbons (Fsp3) is 0.378. The van der Waals surface area contributed by atoms with Gasteiger partial charge in [0.1, 0.15) is 6.42 Å². The number of imidazole rings is 1. The van der Waals surface area contributed by atoms with Gasteiger partial charge in [0.15, 0.2) is 0 Å². The minimum Gasteiger partial charge on any atom is -0.465 e. The molecule has 1 saturated heterocycles. The number of carboxylic acid groups (broad SMARTS) is 1. The molecule has 3 atom stereocenters. The first-order valence-corrected chi connectivity index (χ1v) is 16.5. The molecule has 0 bridgehead atoms. The van der Waals surface area contributed by atoms with Crippen molar-refractivity contribution in [1.29, 1.82) is 5.26 Å². The summed E-state index contributed by atoms with van der Waals surface area (Å²) in [5.41, 5.74) is 3.19. The average molecular weight is 669 g/mol. The summed E-state index contributed by atoms with van der Waals surface area (Å²) >= 11 is 6.06. The molecule has 0 spiro atoms. The molecular formula is C37H41ClN6O4. The number of anilines is 1. The Morgan fingerprint density at radius 3 is 2.46 bits per heavy atom. The molecule has 4 aromatic rings. The number of hydrogen-bond acceptors (Lipinski definition) is 5. The smallest absolute Gasteiger partial charge is 0.408 e. The molecule has 1 aromatic heterocycles. The first-order chi connectivity index (χ1) is 22.9. The molecule has 2 unspecified atom stereocenters. The van der Waals surface area contributed by atoms with Gasteiger partial charge >= 0.3 is 6.09 Å². The number of nitrogens with one attached hydrogen (secondary N) is 1. The van der Waals surface area contributed by atoms with Crippen molar-refractivity contribution in [3.05, 3.63) is 94.5 Å². The molecule has 0 saturated carbocycles. The number of piperidine rings is 1. The van der Waals surface area contributed by atoms with Crippen molar-refractivity contribution >= 4 is 46.5 Å². The van der Waals surface area contributed by atoms with E-state index in [9.17, 15) is 19.5 Å². The van der Waals surface area contributed by atoms with E-state index in [0.29, 0.717) is 41.6 Å². The predicted octanol–water partition coefficient (Wildman–Crippen LogP) is 7.72. The van der Waals surface area contributed by atoms with Crippen molar-refractivity contribution in [3.63, 3.8) is 0 Å². The molecule has 1 fully saturated rings. The van der Waals surface area contributed by atoms with Crippen LogP contribution in [0, 0.1) is 16.7 Å². The molecule has 2 heterocycles. The third-order valence-corrected chi connectivity index (χ3v) is 9.53. The Morgan fingerprint density at radius 2 is 1.81 bits per heavy atom. The highest BCUT2D eigenvalue weighted by Gasteiger charge is 2.36. The van der Waals surface area contributed by atoms with Gasteiger partial charge in [-0.05, 0) is 79.1 Å². The fourth-order valence-corrected chi connectivity index (χ4v) is 6.45. The van der Waals surface area contributed by atoms with Crippen molar-refractivity contribution in [2.75, 3.05) is 18.4 Å². The van der Waals surface area contributed by atoms with Gasteiger partial charge in [0.2, 0.25) is 11.9 Å². The van der Waals surface area contributed by atoms with E-state index in [4.69, 9.17) is 21.8 Å². The molecular weight excluding hydrogens is 628 g/mol. The van der Waals surface area contributed by atoms with Crippen molar-refractivity contribution < 1.29 is 19.5 Å². The topological polar surface area (TPSA) is 132 Å². The van der Waals surface area contributed by atoms with Crippen LogP contribution < -0.4 is 5.32 Å². The predicted molar refractivity (Wildman–Crippen MR) is 186 cm³/mol. The van der Waals surface area contributed by atoms with Crippen LogP contribution in [0.2, 0.25) is 5.02 Å². The summed E-state index contributed by atoms with van der Waals surface area (Å²) in [4.78, 5) is 47.2. The third-order valence-electron chi connectivity index (χ3n) is 9.27. The maximum atomic E-state index is 13.4. The molecule has 3 amide bonds. The number of fused-ring (bicyclic) bond motifs is 1. The molecule has 0 aliphatic carbocycles. The first-order valence-electron chi connectivity index (χ1n) is 16.2. The van der Waals surface area contributed by atoms with E-state index >= 15 is 0 Å². The van der Waals surface area contributed by atoms with E-state index in [-0.39, 0.29) is 35.7 Å². The molecule has 10 nitrogen and oxygen atoms in total. The van der Waals surface area contributed by atoms with E-state index in [1.54, 1.807) is 29.2 Å². The van der Waals surface area contributed by atoms with Crippen LogP contribution in [0.3, 0.4) is 0 Å². The Hall–Kier alpha value is -4.88. The summed E-state index contributed by atoms with van der Waals surface area (Å²) < 4.78 is 1.96. The highest BCUT2D eigenvalue weighted by molar-refractivity contribution is 6.30. The Kier molecular flexibility index (Phi) is 10.4. The Labute approximate surface area is 285 Å². The molecule has 0 radical (unpaired) electrons. The number of carbonyl (C=O) groups is 3. The lowest BCUT2D eigenvalue weighted by atomic mass is 9.84. The zero-order valence-corrected chi connectivity index (χ0v) is 28.4. The van der Waals surface area contributed by atoms with E-state index < -0.39 is 12.1 Å². The number of likely N-dealkylation sites (tertiary alicyclic amines) is 1. The summed E-state index contributed by atoms with van der Waals surface area (Å²) in [7, 11) is 0. The van der Waals surface area contributed by atoms with Crippen LogP contribution in [0.1, 0.15) is 80.5 Å². The second kappa shape index (κ2) is 14.5. The van der Waals surface area contributed by atoms with Crippen LogP contribution in [0.15, 0.2) is 72.8 Å². The first kappa shape index (κ1) is 34.5. The SMILES string of the molecule is C[C@H](N(C(=O)O)C(Cc1ccccc1)c1ccc2c(c1)nc(NC(=O)c1ccc(Cl)cc1)n2C1CCCN(C(=O)CC#N)C1)C(C)(C)C. The Morgan fingerprint density at radius 1 is 1.10 bits per heavy atom. The van der Waals surface area contributed by atoms with Crippen molar-refractivity contribution in [1.82, 2.24) is 19.4 Å². The Balaban J connectivity index is 1.61. The third kappa shape index (κ3) is 7.63. The number of amides is 3. The number of hydrogen-bond donors (Lipinski definition) is 2. The van der Waals surface area contributed by atoms with Gasteiger partial charge in [0.05, 0.1) is 29.2 Å². The van der Waals surface area contributed by atoms with Gasteiger partial charge in [-0.1, -0.05) is 68.8 Å². The number of aromatic nitrogens is 2. The molecule has 3 aromatic carbocycles. The highest BCUT2D eigenvalue weighted by atomic mass is 35.5. The average Bonchev–Trinajstić information content (AvgIpc) is 3.41. The summed E-state index contributed by atoms with van der Waals surface area (Å²) in [6.45, 7) is 8.95.